The van der Waals surface area contributed by atoms with Crippen molar-refractivity contribution < 1.29 is 4.79 Å². The van der Waals surface area contributed by atoms with Crippen molar-refractivity contribution in [2.24, 2.45) is 0 Å². The molecule has 3 aromatic rings. The van der Waals surface area contributed by atoms with Crippen LogP contribution in [0.5, 0.6) is 0 Å². The van der Waals surface area contributed by atoms with Crippen LogP contribution in [0.25, 0.3) is 11.5 Å². The quantitative estimate of drug-likeness (QED) is 0.704. The third-order valence-electron chi connectivity index (χ3n) is 2.99. The number of nitrogens with one attached hydrogen (secondary N) is 2. The lowest BCUT2D eigenvalue weighted by Crippen LogP contribution is -2.05. The zero-order valence-electron chi connectivity index (χ0n) is 12.5. The number of hydrogen-bond donors (Lipinski definition) is 2. The van der Waals surface area contributed by atoms with Gasteiger partial charge >= 0.3 is 0 Å². The molecule has 0 aliphatic rings. The Kier molecular flexibility index (Phi) is 4.68. The molecule has 0 bridgehead atoms. The molecule has 6 nitrogen and oxygen atoms in total. The van der Waals surface area contributed by atoms with E-state index in [9.17, 15) is 4.79 Å². The topological polar surface area (TPSA) is 83.6 Å². The molecule has 1 amide bonds. The van der Waals surface area contributed by atoms with Crippen LogP contribution in [0.4, 0.5) is 5.69 Å². The van der Waals surface area contributed by atoms with Crippen molar-refractivity contribution in [3.05, 3.63) is 54.2 Å². The van der Waals surface area contributed by atoms with E-state index in [4.69, 9.17) is 0 Å². The van der Waals surface area contributed by atoms with Crippen LogP contribution in [0.2, 0.25) is 0 Å². The molecule has 2 heterocycles. The minimum atomic E-state index is -0.0798. The van der Waals surface area contributed by atoms with Crippen molar-refractivity contribution in [3.8, 4) is 11.5 Å². The third kappa shape index (κ3) is 4.17. The largest absolute Gasteiger partial charge is 0.326 e. The lowest BCUT2D eigenvalue weighted by Gasteiger charge is -2.04. The first kappa shape index (κ1) is 15.2. The molecule has 0 unspecified atom stereocenters. The molecule has 2 N–H and O–H groups in total. The van der Waals surface area contributed by atoms with Crippen molar-refractivity contribution in [1.82, 2.24) is 20.2 Å². The molecular formula is C16H15N5OS. The minimum Gasteiger partial charge on any atom is -0.326 e. The van der Waals surface area contributed by atoms with Gasteiger partial charge in [-0.25, -0.2) is 0 Å². The second kappa shape index (κ2) is 7.06. The van der Waals surface area contributed by atoms with Gasteiger partial charge in [0.15, 0.2) is 5.82 Å². The molecule has 116 valence electrons. The summed E-state index contributed by atoms with van der Waals surface area (Å²) in [6.45, 7) is 1.49. The Balaban J connectivity index is 1.65. The van der Waals surface area contributed by atoms with E-state index < -0.39 is 0 Å². The summed E-state index contributed by atoms with van der Waals surface area (Å²) in [5, 5.41) is 10.5. The van der Waals surface area contributed by atoms with Gasteiger partial charge in [-0.05, 0) is 29.8 Å². The third-order valence-corrected chi connectivity index (χ3v) is 3.91. The zero-order chi connectivity index (χ0) is 16.1. The standard InChI is InChI=1S/C16H15N5OS/c1-11(22)18-13-6-4-5-12(9-13)10-23-16-19-15(20-21-16)14-7-2-3-8-17-14/h2-9H,10H2,1H3,(H,18,22)(H,19,20,21). The van der Waals surface area contributed by atoms with Gasteiger partial charge in [-0.15, -0.1) is 5.10 Å². The minimum absolute atomic E-state index is 0.0798. The molecule has 1 aromatic carbocycles. The highest BCUT2D eigenvalue weighted by atomic mass is 32.2. The fraction of sp³-hybridized carbons (Fsp3) is 0.125. The predicted molar refractivity (Wildman–Crippen MR) is 89.9 cm³/mol. The Morgan fingerprint density at radius 1 is 1.26 bits per heavy atom. The number of benzene rings is 1. The van der Waals surface area contributed by atoms with Gasteiger partial charge in [0.25, 0.3) is 0 Å². The molecule has 0 fully saturated rings. The van der Waals surface area contributed by atoms with Crippen molar-refractivity contribution >= 4 is 23.4 Å². The fourth-order valence-corrected chi connectivity index (χ4v) is 2.76. The van der Waals surface area contributed by atoms with Gasteiger partial charge in [0.05, 0.1) is 0 Å². The summed E-state index contributed by atoms with van der Waals surface area (Å²) in [6.07, 6.45) is 1.72. The Labute approximate surface area is 137 Å². The van der Waals surface area contributed by atoms with Crippen LogP contribution in [0.15, 0.2) is 53.8 Å². The van der Waals surface area contributed by atoms with Crippen LogP contribution in [-0.2, 0) is 10.5 Å². The van der Waals surface area contributed by atoms with Crippen LogP contribution >= 0.6 is 11.8 Å². The summed E-state index contributed by atoms with van der Waals surface area (Å²) >= 11 is 1.52. The maximum absolute atomic E-state index is 11.1. The molecule has 7 heteroatoms. The van der Waals surface area contributed by atoms with E-state index in [1.165, 1.54) is 18.7 Å². The van der Waals surface area contributed by atoms with Crippen molar-refractivity contribution in [2.75, 3.05) is 5.32 Å². The summed E-state index contributed by atoms with van der Waals surface area (Å²) in [7, 11) is 0. The van der Waals surface area contributed by atoms with Gasteiger partial charge in [0.1, 0.15) is 5.69 Å². The number of H-pyrrole nitrogens is 1. The van der Waals surface area contributed by atoms with Crippen molar-refractivity contribution in [1.29, 1.82) is 0 Å². The number of pyridine rings is 1. The molecule has 3 rings (SSSR count). The van der Waals surface area contributed by atoms with Crippen LogP contribution in [0.1, 0.15) is 12.5 Å². The molecule has 0 atom stereocenters. The first-order valence-electron chi connectivity index (χ1n) is 7.04. The molecular weight excluding hydrogens is 310 g/mol. The number of rotatable bonds is 5. The van der Waals surface area contributed by atoms with E-state index in [0.29, 0.717) is 16.7 Å². The van der Waals surface area contributed by atoms with Crippen molar-refractivity contribution in [3.63, 3.8) is 0 Å². The fourth-order valence-electron chi connectivity index (χ4n) is 2.02. The van der Waals surface area contributed by atoms with Gasteiger partial charge in [0, 0.05) is 24.6 Å². The monoisotopic (exact) mass is 325 g/mol. The normalized spacial score (nSPS) is 10.5. The van der Waals surface area contributed by atoms with E-state index >= 15 is 0 Å². The van der Waals surface area contributed by atoms with E-state index in [-0.39, 0.29) is 5.91 Å². The van der Waals surface area contributed by atoms with Crippen molar-refractivity contribution in [2.45, 2.75) is 17.8 Å². The summed E-state index contributed by atoms with van der Waals surface area (Å²) < 4.78 is 0. The number of amides is 1. The molecule has 0 saturated heterocycles. The molecule has 0 aliphatic heterocycles. The first-order valence-corrected chi connectivity index (χ1v) is 8.02. The number of nitrogens with zero attached hydrogens (tertiary/aromatic N) is 3. The van der Waals surface area contributed by atoms with E-state index in [1.54, 1.807) is 6.20 Å². The van der Waals surface area contributed by atoms with Crippen LogP contribution in [-0.4, -0.2) is 26.1 Å². The number of aromatic amines is 1. The van der Waals surface area contributed by atoms with Crippen LogP contribution in [0.3, 0.4) is 0 Å². The highest BCUT2D eigenvalue weighted by Crippen LogP contribution is 2.22. The van der Waals surface area contributed by atoms with Gasteiger partial charge in [0.2, 0.25) is 11.1 Å². The highest BCUT2D eigenvalue weighted by molar-refractivity contribution is 7.98. The van der Waals surface area contributed by atoms with E-state index in [2.05, 4.69) is 25.5 Å². The molecule has 0 aliphatic carbocycles. The average molecular weight is 325 g/mol. The Morgan fingerprint density at radius 2 is 2.17 bits per heavy atom. The number of hydrogen-bond acceptors (Lipinski definition) is 5. The van der Waals surface area contributed by atoms with Gasteiger partial charge in [-0.3, -0.25) is 14.9 Å². The number of aromatic nitrogens is 4. The molecule has 0 saturated carbocycles. The lowest BCUT2D eigenvalue weighted by atomic mass is 10.2. The lowest BCUT2D eigenvalue weighted by molar-refractivity contribution is -0.114. The SMILES string of the molecule is CC(=O)Nc1cccc(CSc2n[nH]c(-c3ccccn3)n2)c1. The van der Waals surface area contributed by atoms with Crippen LogP contribution < -0.4 is 5.32 Å². The molecule has 23 heavy (non-hydrogen) atoms. The second-order valence-corrected chi connectivity index (χ2v) is 5.79. The number of carbonyl (C=O) groups is 1. The summed E-state index contributed by atoms with van der Waals surface area (Å²) in [6, 6.07) is 13.4. The number of anilines is 1. The first-order chi connectivity index (χ1) is 11.2. The van der Waals surface area contributed by atoms with E-state index in [1.807, 2.05) is 42.5 Å². The van der Waals surface area contributed by atoms with E-state index in [0.717, 1.165) is 16.9 Å². The Bertz CT molecular complexity index is 803. The number of thioether (sulfide) groups is 1. The smallest absolute Gasteiger partial charge is 0.221 e. The van der Waals surface area contributed by atoms with Gasteiger partial charge in [-0.1, -0.05) is 30.0 Å². The summed E-state index contributed by atoms with van der Waals surface area (Å²) in [5.41, 5.74) is 2.64. The van der Waals surface area contributed by atoms with Crippen LogP contribution in [0, 0.1) is 0 Å². The Hall–Kier alpha value is -2.67. The Morgan fingerprint density at radius 3 is 2.96 bits per heavy atom. The van der Waals surface area contributed by atoms with Gasteiger partial charge < -0.3 is 5.32 Å². The molecule has 2 aromatic heterocycles. The maximum atomic E-state index is 11.1. The highest BCUT2D eigenvalue weighted by Gasteiger charge is 2.07. The molecule has 0 radical (unpaired) electrons. The predicted octanol–water partition coefficient (Wildman–Crippen LogP) is 3.12. The average Bonchev–Trinajstić information content (AvgIpc) is 3.02. The van der Waals surface area contributed by atoms with Gasteiger partial charge in [-0.2, -0.15) is 4.98 Å². The maximum Gasteiger partial charge on any atom is 0.221 e. The summed E-state index contributed by atoms with van der Waals surface area (Å²) in [5.74, 6) is 1.29. The molecule has 0 spiro atoms. The zero-order valence-corrected chi connectivity index (χ0v) is 13.3. The number of carbonyl (C=O) groups excluding carboxylic acids is 1. The second-order valence-electron chi connectivity index (χ2n) is 4.85. The summed E-state index contributed by atoms with van der Waals surface area (Å²) in [4.78, 5) is 19.8.